The fourth-order valence-corrected chi connectivity index (χ4v) is 3.27. The van der Waals surface area contributed by atoms with E-state index in [1.807, 2.05) is 12.3 Å². The molecule has 0 bridgehead atoms. The van der Waals surface area contributed by atoms with Gasteiger partial charge in [0.15, 0.2) is 0 Å². The zero-order valence-corrected chi connectivity index (χ0v) is 13.0. The van der Waals surface area contributed by atoms with Gasteiger partial charge in [0.05, 0.1) is 0 Å². The largest absolute Gasteiger partial charge is 0.361 e. The Morgan fingerprint density at radius 1 is 1.23 bits per heavy atom. The molecule has 4 heteroatoms. The highest BCUT2D eigenvalue weighted by Crippen LogP contribution is 2.18. The second kappa shape index (κ2) is 7.45. The van der Waals surface area contributed by atoms with Crippen molar-refractivity contribution in [3.63, 3.8) is 0 Å². The van der Waals surface area contributed by atoms with Crippen LogP contribution in [-0.2, 0) is 11.2 Å². The lowest BCUT2D eigenvalue weighted by atomic mass is 9.93. The Bertz CT molecular complexity index is 614. The third-order valence-electron chi connectivity index (χ3n) is 4.63. The van der Waals surface area contributed by atoms with Gasteiger partial charge in [0.25, 0.3) is 0 Å². The predicted octanol–water partition coefficient (Wildman–Crippen LogP) is 2.61. The maximum absolute atomic E-state index is 11.9. The molecule has 22 heavy (non-hydrogen) atoms. The van der Waals surface area contributed by atoms with Crippen LogP contribution < -0.4 is 10.6 Å². The molecule has 1 saturated heterocycles. The molecule has 0 unspecified atom stereocenters. The van der Waals surface area contributed by atoms with Crippen molar-refractivity contribution in [2.45, 2.75) is 32.1 Å². The molecule has 118 valence electrons. The minimum atomic E-state index is 0.193. The zero-order valence-electron chi connectivity index (χ0n) is 13.0. The van der Waals surface area contributed by atoms with Crippen molar-refractivity contribution in [3.05, 3.63) is 36.0 Å². The highest BCUT2D eigenvalue weighted by atomic mass is 16.1. The van der Waals surface area contributed by atoms with E-state index in [1.165, 1.54) is 23.8 Å². The number of carbonyl (C=O) groups is 1. The van der Waals surface area contributed by atoms with E-state index in [0.29, 0.717) is 13.0 Å². The summed E-state index contributed by atoms with van der Waals surface area (Å²) in [5.74, 6) is 0.916. The molecule has 3 rings (SSSR count). The van der Waals surface area contributed by atoms with Gasteiger partial charge in [-0.25, -0.2) is 0 Å². The third-order valence-corrected chi connectivity index (χ3v) is 4.63. The van der Waals surface area contributed by atoms with Gasteiger partial charge in [-0.2, -0.15) is 0 Å². The van der Waals surface area contributed by atoms with Gasteiger partial charge in [0, 0.05) is 30.1 Å². The number of benzene rings is 1. The molecule has 1 aromatic heterocycles. The van der Waals surface area contributed by atoms with Crippen LogP contribution in [-0.4, -0.2) is 30.5 Å². The van der Waals surface area contributed by atoms with E-state index in [2.05, 4.69) is 33.8 Å². The molecule has 2 aromatic rings. The van der Waals surface area contributed by atoms with Crippen LogP contribution in [0.2, 0.25) is 0 Å². The van der Waals surface area contributed by atoms with Gasteiger partial charge in [-0.3, -0.25) is 4.79 Å². The van der Waals surface area contributed by atoms with Gasteiger partial charge in [0.1, 0.15) is 0 Å². The van der Waals surface area contributed by atoms with E-state index in [-0.39, 0.29) is 5.91 Å². The molecule has 0 radical (unpaired) electrons. The molecule has 2 heterocycles. The van der Waals surface area contributed by atoms with Crippen molar-refractivity contribution in [2.24, 2.45) is 5.92 Å². The molecule has 1 aliphatic heterocycles. The molecule has 1 fully saturated rings. The van der Waals surface area contributed by atoms with Gasteiger partial charge < -0.3 is 15.6 Å². The Hall–Kier alpha value is -1.81. The first-order valence-electron chi connectivity index (χ1n) is 8.35. The van der Waals surface area contributed by atoms with Crippen LogP contribution in [0.4, 0.5) is 0 Å². The number of nitrogens with one attached hydrogen (secondary N) is 3. The van der Waals surface area contributed by atoms with Crippen molar-refractivity contribution < 1.29 is 4.79 Å². The number of rotatable bonds is 6. The lowest BCUT2D eigenvalue weighted by Crippen LogP contribution is -2.30. The lowest BCUT2D eigenvalue weighted by molar-refractivity contribution is -0.121. The monoisotopic (exact) mass is 299 g/mol. The number of fused-ring (bicyclic) bond motifs is 1. The summed E-state index contributed by atoms with van der Waals surface area (Å²) in [7, 11) is 0. The minimum absolute atomic E-state index is 0.193. The average molecular weight is 299 g/mol. The molecule has 1 amide bonds. The lowest BCUT2D eigenvalue weighted by Gasteiger charge is -2.22. The predicted molar refractivity (Wildman–Crippen MR) is 89.8 cm³/mol. The number of para-hydroxylation sites is 1. The molecule has 0 atom stereocenters. The summed E-state index contributed by atoms with van der Waals surface area (Å²) in [5, 5.41) is 7.68. The SMILES string of the molecule is O=C(CCC1CCNCC1)NCCc1c[nH]c2ccccc12. The van der Waals surface area contributed by atoms with Crippen LogP contribution in [0.1, 0.15) is 31.2 Å². The van der Waals surface area contributed by atoms with Crippen LogP contribution in [0, 0.1) is 5.92 Å². The normalized spacial score (nSPS) is 16.0. The maximum atomic E-state index is 11.9. The number of hydrogen-bond donors (Lipinski definition) is 3. The number of hydrogen-bond acceptors (Lipinski definition) is 2. The highest BCUT2D eigenvalue weighted by Gasteiger charge is 2.14. The summed E-state index contributed by atoms with van der Waals surface area (Å²) < 4.78 is 0. The van der Waals surface area contributed by atoms with Crippen molar-refractivity contribution >= 4 is 16.8 Å². The van der Waals surface area contributed by atoms with Gasteiger partial charge >= 0.3 is 0 Å². The van der Waals surface area contributed by atoms with E-state index < -0.39 is 0 Å². The topological polar surface area (TPSA) is 56.9 Å². The Balaban J connectivity index is 1.40. The molecule has 0 saturated carbocycles. The molecule has 1 aromatic carbocycles. The standard InChI is InChI=1S/C18H25N3O/c22-18(6-5-14-7-10-19-11-8-14)20-12-9-15-13-21-17-4-2-1-3-16(15)17/h1-4,13-14,19,21H,5-12H2,(H,20,22). The number of aromatic amines is 1. The fourth-order valence-electron chi connectivity index (χ4n) is 3.27. The average Bonchev–Trinajstić information content (AvgIpc) is 2.97. The summed E-state index contributed by atoms with van der Waals surface area (Å²) in [6.07, 6.45) is 7.04. The van der Waals surface area contributed by atoms with Crippen molar-refractivity contribution in [1.82, 2.24) is 15.6 Å². The van der Waals surface area contributed by atoms with Crippen LogP contribution >= 0.6 is 0 Å². The van der Waals surface area contributed by atoms with E-state index in [1.54, 1.807) is 0 Å². The smallest absolute Gasteiger partial charge is 0.220 e. The first kappa shape index (κ1) is 15.1. The summed E-state index contributed by atoms with van der Waals surface area (Å²) in [6, 6.07) is 8.29. The van der Waals surface area contributed by atoms with Gasteiger partial charge in [-0.15, -0.1) is 0 Å². The maximum Gasteiger partial charge on any atom is 0.220 e. The van der Waals surface area contributed by atoms with Gasteiger partial charge in [-0.05, 0) is 56.3 Å². The highest BCUT2D eigenvalue weighted by molar-refractivity contribution is 5.83. The van der Waals surface area contributed by atoms with Gasteiger partial charge in [0.2, 0.25) is 5.91 Å². The van der Waals surface area contributed by atoms with Crippen LogP contribution in [0.25, 0.3) is 10.9 Å². The number of amides is 1. The van der Waals surface area contributed by atoms with Crippen LogP contribution in [0.3, 0.4) is 0 Å². The number of carbonyl (C=O) groups excluding carboxylic acids is 1. The van der Waals surface area contributed by atoms with Crippen LogP contribution in [0.5, 0.6) is 0 Å². The van der Waals surface area contributed by atoms with E-state index >= 15 is 0 Å². The summed E-state index contributed by atoms with van der Waals surface area (Å²) in [4.78, 5) is 15.2. The Kier molecular flexibility index (Phi) is 5.11. The third kappa shape index (κ3) is 3.89. The fraction of sp³-hybridized carbons (Fsp3) is 0.500. The van der Waals surface area contributed by atoms with Crippen LogP contribution in [0.15, 0.2) is 30.5 Å². The molecule has 1 aliphatic rings. The summed E-state index contributed by atoms with van der Waals surface area (Å²) in [5.41, 5.74) is 2.43. The van der Waals surface area contributed by atoms with E-state index in [9.17, 15) is 4.79 Å². The number of H-pyrrole nitrogens is 1. The van der Waals surface area contributed by atoms with Crippen molar-refractivity contribution in [3.8, 4) is 0 Å². The quantitative estimate of drug-likeness (QED) is 0.768. The molecular formula is C18H25N3O. The molecular weight excluding hydrogens is 274 g/mol. The van der Waals surface area contributed by atoms with E-state index in [0.717, 1.165) is 37.4 Å². The molecule has 0 spiro atoms. The number of aromatic nitrogens is 1. The first-order valence-corrected chi connectivity index (χ1v) is 8.35. The Morgan fingerprint density at radius 2 is 2.05 bits per heavy atom. The van der Waals surface area contributed by atoms with Crippen molar-refractivity contribution in [1.29, 1.82) is 0 Å². The molecule has 0 aliphatic carbocycles. The van der Waals surface area contributed by atoms with E-state index in [4.69, 9.17) is 0 Å². The molecule has 4 nitrogen and oxygen atoms in total. The zero-order chi connectivity index (χ0) is 15.2. The van der Waals surface area contributed by atoms with Gasteiger partial charge in [-0.1, -0.05) is 18.2 Å². The summed E-state index contributed by atoms with van der Waals surface area (Å²) >= 11 is 0. The first-order chi connectivity index (χ1) is 10.8. The Labute approximate surface area is 131 Å². The molecule has 3 N–H and O–H groups in total. The van der Waals surface area contributed by atoms with Crippen molar-refractivity contribution in [2.75, 3.05) is 19.6 Å². The number of piperidine rings is 1. The second-order valence-electron chi connectivity index (χ2n) is 6.19. The second-order valence-corrected chi connectivity index (χ2v) is 6.19. The summed E-state index contributed by atoms with van der Waals surface area (Å²) in [6.45, 7) is 2.92. The Morgan fingerprint density at radius 3 is 2.91 bits per heavy atom. The minimum Gasteiger partial charge on any atom is -0.361 e.